The van der Waals surface area contributed by atoms with E-state index < -0.39 is 0 Å². The van der Waals surface area contributed by atoms with Crippen LogP contribution >= 0.6 is 0 Å². The van der Waals surface area contributed by atoms with Crippen LogP contribution in [0.1, 0.15) is 25.8 Å². The molecule has 3 N–H and O–H groups in total. The van der Waals surface area contributed by atoms with Crippen molar-refractivity contribution in [2.75, 3.05) is 17.7 Å². The van der Waals surface area contributed by atoms with E-state index >= 15 is 0 Å². The van der Waals surface area contributed by atoms with Crippen LogP contribution in [0.25, 0.3) is 0 Å². The molecule has 0 aliphatic carbocycles. The van der Waals surface area contributed by atoms with E-state index in [0.717, 1.165) is 23.5 Å². The zero-order valence-corrected chi connectivity index (χ0v) is 12.1. The fourth-order valence-electron chi connectivity index (χ4n) is 2.15. The topological polar surface area (TPSA) is 47.3 Å². The first-order chi connectivity index (χ1) is 9.71. The van der Waals surface area contributed by atoms with Crippen molar-refractivity contribution < 1.29 is 4.74 Å². The van der Waals surface area contributed by atoms with Gasteiger partial charge in [-0.15, -0.1) is 0 Å². The molecule has 0 heterocycles. The summed E-state index contributed by atoms with van der Waals surface area (Å²) in [7, 11) is 0. The minimum absolute atomic E-state index is 0.634. The summed E-state index contributed by atoms with van der Waals surface area (Å²) in [6, 6.07) is 14.2. The van der Waals surface area contributed by atoms with Gasteiger partial charge < -0.3 is 15.8 Å². The molecular formula is C17H22N2O. The van der Waals surface area contributed by atoms with Gasteiger partial charge in [0.1, 0.15) is 5.75 Å². The summed E-state index contributed by atoms with van der Waals surface area (Å²) >= 11 is 0. The Labute approximate surface area is 120 Å². The number of ether oxygens (including phenoxy) is 1. The molecule has 0 aliphatic rings. The lowest BCUT2D eigenvalue weighted by molar-refractivity contribution is 0.340. The number of nitrogens with two attached hydrogens (primary N) is 1. The van der Waals surface area contributed by atoms with Gasteiger partial charge >= 0.3 is 0 Å². The van der Waals surface area contributed by atoms with Crippen molar-refractivity contribution in [3.8, 4) is 5.75 Å². The van der Waals surface area contributed by atoms with Gasteiger partial charge in [-0.3, -0.25) is 0 Å². The number of hydrogen-bond acceptors (Lipinski definition) is 3. The normalized spacial score (nSPS) is 10.3. The number of benzene rings is 2. The van der Waals surface area contributed by atoms with Crippen molar-refractivity contribution in [1.29, 1.82) is 0 Å². The van der Waals surface area contributed by atoms with Gasteiger partial charge in [0.2, 0.25) is 0 Å². The lowest BCUT2D eigenvalue weighted by Crippen LogP contribution is -1.97. The smallest absolute Gasteiger partial charge is 0.123 e. The van der Waals surface area contributed by atoms with E-state index in [1.165, 1.54) is 12.0 Å². The minimum atomic E-state index is 0.634. The molecule has 0 spiro atoms. The Bertz CT molecular complexity index is 549. The van der Waals surface area contributed by atoms with Crippen LogP contribution < -0.4 is 15.8 Å². The Hall–Kier alpha value is -2.16. The largest absolute Gasteiger partial charge is 0.494 e. The average molecular weight is 270 g/mol. The van der Waals surface area contributed by atoms with Crippen molar-refractivity contribution in [3.63, 3.8) is 0 Å². The van der Waals surface area contributed by atoms with Crippen molar-refractivity contribution in [2.45, 2.75) is 26.7 Å². The Kier molecular flexibility index (Phi) is 4.88. The van der Waals surface area contributed by atoms with Gasteiger partial charge in [-0.25, -0.2) is 0 Å². The lowest BCUT2D eigenvalue weighted by Gasteiger charge is -2.11. The average Bonchev–Trinajstić information content (AvgIpc) is 2.41. The second-order valence-electron chi connectivity index (χ2n) is 4.80. The number of rotatable bonds is 6. The van der Waals surface area contributed by atoms with E-state index in [-0.39, 0.29) is 0 Å². The van der Waals surface area contributed by atoms with Gasteiger partial charge in [0.15, 0.2) is 0 Å². The maximum Gasteiger partial charge on any atom is 0.123 e. The zero-order chi connectivity index (χ0) is 14.4. The molecule has 0 aliphatic heterocycles. The van der Waals surface area contributed by atoms with Crippen molar-refractivity contribution >= 4 is 17.1 Å². The van der Waals surface area contributed by atoms with Crippen LogP contribution in [0, 0.1) is 0 Å². The first-order valence-corrected chi connectivity index (χ1v) is 7.10. The fourth-order valence-corrected chi connectivity index (χ4v) is 2.15. The summed E-state index contributed by atoms with van der Waals surface area (Å²) in [5, 5.41) is 3.35. The Morgan fingerprint density at radius 2 is 1.75 bits per heavy atom. The fraction of sp³-hybridized carbons (Fsp3) is 0.294. The number of nitrogen functional groups attached to an aromatic ring is 1. The van der Waals surface area contributed by atoms with Crippen LogP contribution in [0.4, 0.5) is 17.1 Å². The van der Waals surface area contributed by atoms with Gasteiger partial charge in [-0.2, -0.15) is 0 Å². The molecule has 0 saturated heterocycles. The molecule has 0 unspecified atom stereocenters. The van der Waals surface area contributed by atoms with Gasteiger partial charge in [0.05, 0.1) is 6.61 Å². The highest BCUT2D eigenvalue weighted by Crippen LogP contribution is 2.25. The second-order valence-corrected chi connectivity index (χ2v) is 4.80. The third-order valence-electron chi connectivity index (χ3n) is 3.02. The van der Waals surface area contributed by atoms with Crippen LogP contribution in [0.5, 0.6) is 5.75 Å². The monoisotopic (exact) mass is 270 g/mol. The summed E-state index contributed by atoms with van der Waals surface area (Å²) in [5.74, 6) is 0.789. The zero-order valence-electron chi connectivity index (χ0n) is 12.1. The van der Waals surface area contributed by atoms with E-state index in [4.69, 9.17) is 10.5 Å². The molecule has 0 fully saturated rings. The van der Waals surface area contributed by atoms with Gasteiger partial charge in [-0.05, 0) is 37.1 Å². The molecule has 0 saturated carbocycles. The molecule has 106 valence electrons. The van der Waals surface area contributed by atoms with Crippen LogP contribution in [-0.2, 0) is 6.42 Å². The van der Waals surface area contributed by atoms with Gasteiger partial charge in [0, 0.05) is 29.2 Å². The standard InChI is InChI=1S/C17H22N2O/c1-3-5-13-6-8-15(9-7-13)19-16-10-14(18)11-17(12-16)20-4-2/h6-12,19H,3-5,18H2,1-2H3. The second kappa shape index (κ2) is 6.85. The highest BCUT2D eigenvalue weighted by Gasteiger charge is 2.01. The molecule has 2 aromatic carbocycles. The summed E-state index contributed by atoms with van der Waals surface area (Å²) in [6.07, 6.45) is 2.28. The van der Waals surface area contributed by atoms with Crippen molar-refractivity contribution in [2.24, 2.45) is 0 Å². The predicted molar refractivity (Wildman–Crippen MR) is 85.7 cm³/mol. The first-order valence-electron chi connectivity index (χ1n) is 7.10. The first kappa shape index (κ1) is 14.3. The van der Waals surface area contributed by atoms with Crippen LogP contribution in [0.15, 0.2) is 42.5 Å². The van der Waals surface area contributed by atoms with Gasteiger partial charge in [-0.1, -0.05) is 25.5 Å². The summed E-state index contributed by atoms with van der Waals surface area (Å²) in [5.41, 5.74) is 9.94. The molecule has 20 heavy (non-hydrogen) atoms. The minimum Gasteiger partial charge on any atom is -0.494 e. The molecule has 2 rings (SSSR count). The highest BCUT2D eigenvalue weighted by molar-refractivity contribution is 5.66. The van der Waals surface area contributed by atoms with Crippen LogP contribution in [0.2, 0.25) is 0 Å². The Morgan fingerprint density at radius 3 is 2.40 bits per heavy atom. The summed E-state index contributed by atoms with van der Waals surface area (Å²) in [4.78, 5) is 0. The van der Waals surface area contributed by atoms with E-state index in [1.54, 1.807) is 0 Å². The molecule has 0 aromatic heterocycles. The van der Waals surface area contributed by atoms with Gasteiger partial charge in [0.25, 0.3) is 0 Å². The van der Waals surface area contributed by atoms with Crippen molar-refractivity contribution in [1.82, 2.24) is 0 Å². The molecule has 0 bridgehead atoms. The van der Waals surface area contributed by atoms with E-state index in [2.05, 4.69) is 36.5 Å². The van der Waals surface area contributed by atoms with E-state index in [0.29, 0.717) is 12.3 Å². The van der Waals surface area contributed by atoms with Crippen molar-refractivity contribution in [3.05, 3.63) is 48.0 Å². The molecule has 0 amide bonds. The third-order valence-corrected chi connectivity index (χ3v) is 3.02. The number of nitrogens with one attached hydrogen (secondary N) is 1. The quantitative estimate of drug-likeness (QED) is 0.766. The Morgan fingerprint density at radius 1 is 1.00 bits per heavy atom. The summed E-state index contributed by atoms with van der Waals surface area (Å²) in [6.45, 7) is 4.78. The molecule has 3 heteroatoms. The third kappa shape index (κ3) is 3.92. The van der Waals surface area contributed by atoms with Crippen LogP contribution in [-0.4, -0.2) is 6.61 Å². The van der Waals surface area contributed by atoms with Crippen LogP contribution in [0.3, 0.4) is 0 Å². The maximum absolute atomic E-state index is 5.89. The number of aryl methyl sites for hydroxylation is 1. The molecule has 2 aromatic rings. The molecule has 0 atom stereocenters. The SMILES string of the molecule is CCCc1ccc(Nc2cc(N)cc(OCC)c2)cc1. The highest BCUT2D eigenvalue weighted by atomic mass is 16.5. The van der Waals surface area contributed by atoms with E-state index in [1.807, 2.05) is 25.1 Å². The molecule has 0 radical (unpaired) electrons. The van der Waals surface area contributed by atoms with E-state index in [9.17, 15) is 0 Å². The Balaban J connectivity index is 2.12. The molecular weight excluding hydrogens is 248 g/mol. The lowest BCUT2D eigenvalue weighted by atomic mass is 10.1. The maximum atomic E-state index is 5.89. The molecule has 3 nitrogen and oxygen atoms in total. The predicted octanol–water partition coefficient (Wildman–Crippen LogP) is 4.36. The summed E-state index contributed by atoms with van der Waals surface area (Å²) < 4.78 is 5.50. The number of anilines is 3. The number of hydrogen-bond donors (Lipinski definition) is 2.